The first-order valence-corrected chi connectivity index (χ1v) is 10.1. The molecule has 0 amide bonds. The predicted molar refractivity (Wildman–Crippen MR) is 112 cm³/mol. The smallest absolute Gasteiger partial charge is 0.343 e. The lowest BCUT2D eigenvalue weighted by atomic mass is 9.85. The molecule has 0 radical (unpaired) electrons. The average molecular weight is 388 g/mol. The molecule has 0 spiro atoms. The summed E-state index contributed by atoms with van der Waals surface area (Å²) in [5.74, 6) is -0.285. The second-order valence-corrected chi connectivity index (χ2v) is 7.66. The molecule has 4 heteroatoms. The number of hydrogen-bond donors (Lipinski definition) is 1. The molecule has 4 rings (SSSR count). The zero-order valence-corrected chi connectivity index (χ0v) is 16.3. The Kier molecular flexibility index (Phi) is 5.61. The fourth-order valence-corrected chi connectivity index (χ4v) is 4.17. The molecule has 0 saturated carbocycles. The Bertz CT molecular complexity index is 1010. The quantitative estimate of drug-likeness (QED) is 0.636. The van der Waals surface area contributed by atoms with Gasteiger partial charge in [-0.25, -0.2) is 4.79 Å². The molecule has 0 saturated heterocycles. The first-order valence-electron chi connectivity index (χ1n) is 10.1. The van der Waals surface area contributed by atoms with Crippen molar-refractivity contribution in [2.45, 2.75) is 44.4 Å². The van der Waals surface area contributed by atoms with Gasteiger partial charge in [0, 0.05) is 18.8 Å². The Morgan fingerprint density at radius 2 is 1.38 bits per heavy atom. The van der Waals surface area contributed by atoms with Crippen LogP contribution in [-0.2, 0) is 19.3 Å². The summed E-state index contributed by atoms with van der Waals surface area (Å²) in [7, 11) is 0. The van der Waals surface area contributed by atoms with E-state index in [1.54, 1.807) is 0 Å². The minimum absolute atomic E-state index is 0.141. The number of aryl methyl sites for hydroxylation is 1. The second kappa shape index (κ2) is 8.48. The minimum atomic E-state index is -0.534. The molecule has 1 aromatic heterocycles. The maximum absolute atomic E-state index is 12.9. The van der Waals surface area contributed by atoms with Crippen LogP contribution in [0.3, 0.4) is 0 Å². The van der Waals surface area contributed by atoms with Crippen molar-refractivity contribution in [1.29, 1.82) is 0 Å². The lowest BCUT2D eigenvalue weighted by molar-refractivity contribution is 0.0977. The highest BCUT2D eigenvalue weighted by atomic mass is 16.4. The Labute approximate surface area is 169 Å². The number of rotatable bonds is 5. The van der Waals surface area contributed by atoms with E-state index in [1.165, 1.54) is 0 Å². The minimum Gasteiger partial charge on any atom is -0.506 e. The van der Waals surface area contributed by atoms with Crippen molar-refractivity contribution in [3.05, 3.63) is 99.1 Å². The lowest BCUT2D eigenvalue weighted by Crippen LogP contribution is -2.20. The molecule has 0 unspecified atom stereocenters. The number of benzene rings is 2. The summed E-state index contributed by atoms with van der Waals surface area (Å²) in [6.45, 7) is 0. The third kappa shape index (κ3) is 4.16. The molecule has 0 fully saturated rings. The number of ketones is 1. The molecular formula is C25H24O4. The van der Waals surface area contributed by atoms with Crippen molar-refractivity contribution in [2.24, 2.45) is 0 Å². The molecule has 4 nitrogen and oxygen atoms in total. The van der Waals surface area contributed by atoms with Crippen LogP contribution in [-0.4, -0.2) is 10.9 Å². The van der Waals surface area contributed by atoms with Gasteiger partial charge >= 0.3 is 5.63 Å². The average Bonchev–Trinajstić information content (AvgIpc) is 2.90. The van der Waals surface area contributed by atoms with E-state index in [4.69, 9.17) is 4.42 Å². The van der Waals surface area contributed by atoms with Crippen molar-refractivity contribution >= 4 is 5.78 Å². The van der Waals surface area contributed by atoms with E-state index < -0.39 is 5.63 Å². The Hall–Kier alpha value is -3.14. The van der Waals surface area contributed by atoms with Gasteiger partial charge in [-0.2, -0.15) is 0 Å². The fraction of sp³-hybridized carbons (Fsp3) is 0.280. The molecule has 29 heavy (non-hydrogen) atoms. The van der Waals surface area contributed by atoms with Crippen LogP contribution in [0, 0.1) is 0 Å². The fourth-order valence-electron chi connectivity index (χ4n) is 4.17. The maximum atomic E-state index is 12.9. The zero-order chi connectivity index (χ0) is 20.2. The van der Waals surface area contributed by atoms with Gasteiger partial charge in [0.1, 0.15) is 11.5 Å². The van der Waals surface area contributed by atoms with Gasteiger partial charge < -0.3 is 9.52 Å². The van der Waals surface area contributed by atoms with E-state index in [1.807, 2.05) is 60.7 Å². The summed E-state index contributed by atoms with van der Waals surface area (Å²) in [6, 6.07) is 19.7. The molecule has 3 aromatic rings. The van der Waals surface area contributed by atoms with Crippen molar-refractivity contribution in [3.8, 4) is 5.75 Å². The van der Waals surface area contributed by atoms with Gasteiger partial charge in [-0.1, -0.05) is 60.7 Å². The van der Waals surface area contributed by atoms with Crippen LogP contribution in [0.5, 0.6) is 5.75 Å². The summed E-state index contributed by atoms with van der Waals surface area (Å²) >= 11 is 0. The molecule has 1 aliphatic rings. The van der Waals surface area contributed by atoms with E-state index >= 15 is 0 Å². The Morgan fingerprint density at radius 3 is 1.97 bits per heavy atom. The summed E-state index contributed by atoms with van der Waals surface area (Å²) < 4.78 is 5.58. The molecule has 148 valence electrons. The third-order valence-electron chi connectivity index (χ3n) is 5.60. The number of fused-ring (bicyclic) bond motifs is 1. The van der Waals surface area contributed by atoms with Crippen LogP contribution in [0.25, 0.3) is 0 Å². The second-order valence-electron chi connectivity index (χ2n) is 7.66. The molecule has 1 N–H and O–H groups in total. The highest BCUT2D eigenvalue weighted by Gasteiger charge is 2.30. The van der Waals surface area contributed by atoms with E-state index in [2.05, 4.69) is 0 Å². The highest BCUT2D eigenvalue weighted by molar-refractivity contribution is 6.00. The van der Waals surface area contributed by atoms with Gasteiger partial charge in [0.2, 0.25) is 0 Å². The van der Waals surface area contributed by atoms with Crippen LogP contribution >= 0.6 is 0 Å². The maximum Gasteiger partial charge on any atom is 0.343 e. The van der Waals surface area contributed by atoms with Gasteiger partial charge in [0.25, 0.3) is 0 Å². The summed E-state index contributed by atoms with van der Waals surface area (Å²) in [4.78, 5) is 25.5. The van der Waals surface area contributed by atoms with Crippen molar-refractivity contribution in [2.75, 3.05) is 0 Å². The SMILES string of the molecule is O=C1CCCCc2oc(=O)c(C(Cc3ccccc3)Cc3ccccc3)c(O)c21. The Morgan fingerprint density at radius 1 is 0.828 bits per heavy atom. The molecule has 0 bridgehead atoms. The number of carbonyl (C=O) groups is 1. The molecule has 1 heterocycles. The van der Waals surface area contributed by atoms with Crippen molar-refractivity contribution in [1.82, 2.24) is 0 Å². The van der Waals surface area contributed by atoms with Gasteiger partial charge in [-0.3, -0.25) is 4.79 Å². The van der Waals surface area contributed by atoms with Crippen LogP contribution in [0.15, 0.2) is 69.9 Å². The summed E-state index contributed by atoms with van der Waals surface area (Å²) in [5, 5.41) is 11.1. The number of hydrogen-bond acceptors (Lipinski definition) is 4. The molecule has 2 aromatic carbocycles. The van der Waals surface area contributed by atoms with Gasteiger partial charge in [0.05, 0.1) is 11.1 Å². The third-order valence-corrected chi connectivity index (χ3v) is 5.60. The Balaban J connectivity index is 1.81. The lowest BCUT2D eigenvalue weighted by Gasteiger charge is -2.19. The van der Waals surface area contributed by atoms with Crippen LogP contribution in [0.2, 0.25) is 0 Å². The van der Waals surface area contributed by atoms with E-state index in [-0.39, 0.29) is 28.6 Å². The summed E-state index contributed by atoms with van der Waals surface area (Å²) in [6.07, 6.45) is 3.53. The first kappa shape index (κ1) is 19.2. The largest absolute Gasteiger partial charge is 0.506 e. The zero-order valence-electron chi connectivity index (χ0n) is 16.3. The molecular weight excluding hydrogens is 364 g/mol. The standard InChI is InChI=1S/C25H24O4/c26-20-13-7-8-14-21-23(20)24(27)22(25(28)29-21)19(15-17-9-3-1-4-10-17)16-18-11-5-2-6-12-18/h1-6,9-12,19,27H,7-8,13-16H2. The van der Waals surface area contributed by atoms with Crippen molar-refractivity contribution in [3.63, 3.8) is 0 Å². The van der Waals surface area contributed by atoms with Crippen molar-refractivity contribution < 1.29 is 14.3 Å². The molecule has 0 atom stereocenters. The normalized spacial score (nSPS) is 13.9. The number of aromatic hydroxyl groups is 1. The predicted octanol–water partition coefficient (Wildman–Crippen LogP) is 4.82. The molecule has 1 aliphatic carbocycles. The topological polar surface area (TPSA) is 67.5 Å². The summed E-state index contributed by atoms with van der Waals surface area (Å²) in [5.41, 5.74) is 2.02. The molecule has 0 aliphatic heterocycles. The van der Waals surface area contributed by atoms with Crippen LogP contribution in [0.1, 0.15) is 58.0 Å². The number of carbonyl (C=O) groups excluding carboxylic acids is 1. The number of Topliss-reactive ketones (excluding diaryl/α,β-unsaturated/α-hetero) is 1. The van der Waals surface area contributed by atoms with Gasteiger partial charge in [0.15, 0.2) is 5.78 Å². The van der Waals surface area contributed by atoms with Crippen LogP contribution in [0.4, 0.5) is 0 Å². The van der Waals surface area contributed by atoms with E-state index in [9.17, 15) is 14.7 Å². The first-order chi connectivity index (χ1) is 14.1. The highest BCUT2D eigenvalue weighted by Crippen LogP contribution is 2.35. The monoisotopic (exact) mass is 388 g/mol. The van der Waals surface area contributed by atoms with Gasteiger partial charge in [-0.05, 0) is 36.8 Å². The van der Waals surface area contributed by atoms with E-state index in [0.29, 0.717) is 31.4 Å². The van der Waals surface area contributed by atoms with Gasteiger partial charge in [-0.15, -0.1) is 0 Å². The van der Waals surface area contributed by atoms with Crippen LogP contribution < -0.4 is 5.63 Å². The van der Waals surface area contributed by atoms with E-state index in [0.717, 1.165) is 24.0 Å².